The predicted molar refractivity (Wildman–Crippen MR) is 227 cm³/mol. The number of aliphatic hydroxyl groups excluding tert-OH is 1. The first-order valence-corrected chi connectivity index (χ1v) is 24.3. The second-order valence-corrected chi connectivity index (χ2v) is 20.3. The highest BCUT2D eigenvalue weighted by atomic mass is 31.1. The molecule has 1 saturated carbocycles. The standard InChI is InChI=1S/C45H73N2O11P/c1-12-18-33-26(6)30(13-2)27(7)41(53-33)55-37-28(8)42(52-32(37)14-3)56-38-35(48)31(46)21-45(9,47-43(49)50-22-29-19-16-15-17-20-29)39(38)58-40-25(5)24(4)36-34(54-40)23-51-44(57-36)59(10)11/h15-17,19-20,24-28,30-42,44,48H,10,12-14,18,21-23,46H2,1-9,11H3/p+1. The first kappa shape index (κ1) is 46.8. The Morgan fingerprint density at radius 1 is 0.881 bits per heavy atom. The van der Waals surface area contributed by atoms with Crippen LogP contribution in [0.1, 0.15) is 100.0 Å². The molecule has 5 fully saturated rings. The molecule has 4 heterocycles. The number of aliphatic hydroxyl groups is 1. The minimum absolute atomic E-state index is 0.0308. The minimum atomic E-state index is -1.17. The van der Waals surface area contributed by atoms with E-state index < -0.39 is 56.1 Å². The van der Waals surface area contributed by atoms with Crippen molar-refractivity contribution in [2.45, 2.75) is 186 Å². The van der Waals surface area contributed by atoms with Crippen LogP contribution in [0.5, 0.6) is 0 Å². The first-order chi connectivity index (χ1) is 28.1. The quantitative estimate of drug-likeness (QED) is 0.169. The molecule has 0 aromatic heterocycles. The smallest absolute Gasteiger partial charge is 0.407 e. The van der Waals surface area contributed by atoms with Crippen molar-refractivity contribution in [2.75, 3.05) is 13.3 Å². The molecule has 4 N–H and O–H groups in total. The fourth-order valence-corrected chi connectivity index (χ4v) is 10.9. The molecule has 0 spiro atoms. The number of hydrogen-bond acceptors (Lipinski definition) is 12. The van der Waals surface area contributed by atoms with E-state index in [4.69, 9.17) is 48.4 Å². The summed E-state index contributed by atoms with van der Waals surface area (Å²) in [6.07, 6.45) is 1.34. The van der Waals surface area contributed by atoms with Gasteiger partial charge in [-0.25, -0.2) is 4.79 Å². The molecular formula is C45H74N2O11P+. The molecule has 1 amide bonds. The molecule has 13 nitrogen and oxygen atoms in total. The fraction of sp³-hybridized carbons (Fsp3) is 0.822. The van der Waals surface area contributed by atoms with E-state index in [9.17, 15) is 9.90 Å². The average molecular weight is 850 g/mol. The maximum Gasteiger partial charge on any atom is 0.407 e. The van der Waals surface area contributed by atoms with Crippen molar-refractivity contribution < 1.29 is 52.5 Å². The van der Waals surface area contributed by atoms with Gasteiger partial charge in [-0.15, -0.1) is 0 Å². The zero-order valence-corrected chi connectivity index (χ0v) is 38.0. The summed E-state index contributed by atoms with van der Waals surface area (Å²) in [5, 5.41) is 15.1. The normalized spacial score (nSPS) is 45.4. The number of hydrogen-bond donors (Lipinski definition) is 3. The van der Waals surface area contributed by atoms with E-state index >= 15 is 0 Å². The van der Waals surface area contributed by atoms with Gasteiger partial charge in [0.1, 0.15) is 39.1 Å². The lowest BCUT2D eigenvalue weighted by Gasteiger charge is -2.53. The van der Waals surface area contributed by atoms with Gasteiger partial charge in [0.15, 0.2) is 18.9 Å². The van der Waals surface area contributed by atoms with Gasteiger partial charge in [-0.1, -0.05) is 98.6 Å². The third kappa shape index (κ3) is 10.2. The number of alkyl carbamates (subject to hydrolysis) is 1. The van der Waals surface area contributed by atoms with Crippen molar-refractivity contribution in [1.29, 1.82) is 0 Å². The van der Waals surface area contributed by atoms with Crippen molar-refractivity contribution >= 4 is 19.9 Å². The van der Waals surface area contributed by atoms with Crippen molar-refractivity contribution in [3.63, 3.8) is 0 Å². The summed E-state index contributed by atoms with van der Waals surface area (Å²) in [4.78, 5) is 13.6. The molecule has 1 aromatic rings. The van der Waals surface area contributed by atoms with Gasteiger partial charge in [0, 0.05) is 23.8 Å². The van der Waals surface area contributed by atoms with Crippen molar-refractivity contribution in [1.82, 2.24) is 5.32 Å². The van der Waals surface area contributed by atoms with Crippen molar-refractivity contribution in [3.8, 4) is 0 Å². The first-order valence-electron chi connectivity index (χ1n) is 22.3. The lowest BCUT2D eigenvalue weighted by molar-refractivity contribution is -0.348. The monoisotopic (exact) mass is 850 g/mol. The highest BCUT2D eigenvalue weighted by molar-refractivity contribution is 7.55. The molecule has 6 rings (SSSR count). The molecule has 5 aliphatic rings. The lowest BCUT2D eigenvalue weighted by Crippen LogP contribution is -2.72. The molecule has 59 heavy (non-hydrogen) atoms. The zero-order chi connectivity index (χ0) is 42.8. The van der Waals surface area contributed by atoms with Crippen LogP contribution >= 0.6 is 7.55 Å². The Labute approximate surface area is 353 Å². The van der Waals surface area contributed by atoms with Gasteiger partial charge in [0.2, 0.25) is 0 Å². The van der Waals surface area contributed by atoms with Gasteiger partial charge in [0.05, 0.1) is 49.0 Å². The molecule has 14 heteroatoms. The van der Waals surface area contributed by atoms with E-state index in [0.29, 0.717) is 24.9 Å². The van der Waals surface area contributed by atoms with E-state index in [1.807, 2.05) is 43.9 Å². The summed E-state index contributed by atoms with van der Waals surface area (Å²) in [5.74, 6) is 0.760. The number of fused-ring (bicyclic) bond motifs is 1. The third-order valence-corrected chi connectivity index (χ3v) is 15.0. The molecular weight excluding hydrogens is 775 g/mol. The highest BCUT2D eigenvalue weighted by Crippen LogP contribution is 2.45. The van der Waals surface area contributed by atoms with Gasteiger partial charge in [-0.05, 0) is 49.5 Å². The van der Waals surface area contributed by atoms with Gasteiger partial charge in [-0.2, -0.15) is 0 Å². The van der Waals surface area contributed by atoms with Crippen LogP contribution in [0.3, 0.4) is 0 Å². The van der Waals surface area contributed by atoms with Gasteiger partial charge < -0.3 is 58.8 Å². The van der Waals surface area contributed by atoms with E-state index in [0.717, 1.165) is 24.8 Å². The average Bonchev–Trinajstić information content (AvgIpc) is 3.51. The number of carbonyl (C=O) groups excluding carboxylic acids is 1. The second kappa shape index (κ2) is 20.2. The Morgan fingerprint density at radius 2 is 1.54 bits per heavy atom. The summed E-state index contributed by atoms with van der Waals surface area (Å²) in [6.45, 7) is 21.6. The molecule has 0 bridgehead atoms. The zero-order valence-electron chi connectivity index (χ0n) is 37.1. The predicted octanol–water partition coefficient (Wildman–Crippen LogP) is 6.75. The molecule has 21 unspecified atom stereocenters. The summed E-state index contributed by atoms with van der Waals surface area (Å²) < 4.78 is 59.0. The van der Waals surface area contributed by atoms with Crippen LogP contribution in [0.15, 0.2) is 30.3 Å². The Kier molecular flexibility index (Phi) is 16.0. The van der Waals surface area contributed by atoms with E-state index in [-0.39, 0.29) is 79.5 Å². The van der Waals surface area contributed by atoms with Crippen LogP contribution < -0.4 is 11.1 Å². The Bertz CT molecular complexity index is 1530. The maximum atomic E-state index is 13.6. The number of rotatable bonds is 14. The van der Waals surface area contributed by atoms with Gasteiger partial charge in [0.25, 0.3) is 0 Å². The summed E-state index contributed by atoms with van der Waals surface area (Å²) >= 11 is 0. The van der Waals surface area contributed by atoms with Gasteiger partial charge in [-0.3, -0.25) is 0 Å². The SMILES string of the molecule is C=[P+](C)C1OCC2OC(OC3C(OC4OC(CC)C(OC5OC(CCC)C(C)C(CC)C5C)C4C)C(O)C(N)CC3(C)NC(=O)OCc3ccccc3)C(C)C(C)C2O1. The van der Waals surface area contributed by atoms with E-state index in [1.165, 1.54) is 0 Å². The number of benzene rings is 1. The summed E-state index contributed by atoms with van der Waals surface area (Å²) in [5.41, 5.74) is 6.42. The van der Waals surface area contributed by atoms with E-state index in [1.54, 1.807) is 0 Å². The van der Waals surface area contributed by atoms with Crippen LogP contribution in [-0.4, -0.2) is 116 Å². The molecule has 1 aliphatic carbocycles. The third-order valence-electron chi connectivity index (χ3n) is 14.1. The van der Waals surface area contributed by atoms with Crippen LogP contribution in [0.25, 0.3) is 0 Å². The van der Waals surface area contributed by atoms with Crippen molar-refractivity contribution in [2.24, 2.45) is 41.2 Å². The molecule has 4 aliphatic heterocycles. The largest absolute Gasteiger partial charge is 0.445 e. The second-order valence-electron chi connectivity index (χ2n) is 18.4. The molecule has 334 valence electrons. The molecule has 0 radical (unpaired) electrons. The van der Waals surface area contributed by atoms with E-state index in [2.05, 4.69) is 67.0 Å². The Hall–Kier alpha value is -1.74. The summed E-state index contributed by atoms with van der Waals surface area (Å²) in [6, 6.07) is 8.34. The van der Waals surface area contributed by atoms with Crippen LogP contribution in [0, 0.1) is 35.5 Å². The minimum Gasteiger partial charge on any atom is -0.445 e. The Morgan fingerprint density at radius 3 is 2.20 bits per heavy atom. The van der Waals surface area contributed by atoms with Crippen molar-refractivity contribution in [3.05, 3.63) is 35.9 Å². The fourth-order valence-electron chi connectivity index (χ4n) is 10.3. The maximum absolute atomic E-state index is 13.6. The number of nitrogens with two attached hydrogens (primary N) is 1. The van der Waals surface area contributed by atoms with Crippen LogP contribution in [-0.2, 0) is 49.2 Å². The number of ether oxygens (including phenoxy) is 9. The lowest BCUT2D eigenvalue weighted by atomic mass is 9.74. The molecule has 1 aromatic carbocycles. The molecule has 21 atom stereocenters. The molecule has 4 saturated heterocycles. The number of nitrogens with one attached hydrogen (secondary N) is 1. The van der Waals surface area contributed by atoms with Crippen LogP contribution in [0.2, 0.25) is 0 Å². The topological polar surface area (TPSA) is 158 Å². The van der Waals surface area contributed by atoms with Crippen LogP contribution in [0.4, 0.5) is 4.79 Å². The number of carbonyl (C=O) groups is 1. The summed E-state index contributed by atoms with van der Waals surface area (Å²) in [7, 11) is -0.717. The van der Waals surface area contributed by atoms with Gasteiger partial charge >= 0.3 is 12.1 Å². The number of amides is 1. The Balaban J connectivity index is 1.25. The highest BCUT2D eigenvalue weighted by Gasteiger charge is 2.58.